The number of rotatable bonds is 0. The van der Waals surface area contributed by atoms with Crippen molar-refractivity contribution in [3.63, 3.8) is 0 Å². The monoisotopic (exact) mass is 273 g/mol. The maximum atomic E-state index is 4.71. The Balaban J connectivity index is 0.000000267. The number of pyridine rings is 2. The smallest absolute Gasteiger partial charge is 0.128 e. The van der Waals surface area contributed by atoms with E-state index in [0.29, 0.717) is 0 Å². The Labute approximate surface area is 115 Å². The highest BCUT2D eigenvalue weighted by Gasteiger charge is 1.99. The highest BCUT2D eigenvalue weighted by atomic mass is 32.1. The summed E-state index contributed by atoms with van der Waals surface area (Å²) in [6, 6.07) is 12.1. The lowest BCUT2D eigenvalue weighted by Crippen LogP contribution is -1.94. The maximum Gasteiger partial charge on any atom is 0.128 e. The number of hydrogen-bond donors (Lipinski definition) is 2. The summed E-state index contributed by atoms with van der Waals surface area (Å²) in [6.45, 7) is 0. The Kier molecular flexibility index (Phi) is 4.07. The number of thiol groups is 1. The zero-order valence-electron chi connectivity index (χ0n) is 9.45. The number of thiocarbonyl (C=S) groups is 1. The second-order valence-electron chi connectivity index (χ2n) is 3.55. The molecule has 0 aliphatic carbocycles. The van der Waals surface area contributed by atoms with E-state index in [9.17, 15) is 0 Å². The molecule has 90 valence electrons. The van der Waals surface area contributed by atoms with E-state index in [1.54, 1.807) is 6.20 Å². The Morgan fingerprint density at radius 3 is 2.50 bits per heavy atom. The molecule has 0 fully saturated rings. The van der Waals surface area contributed by atoms with Crippen LogP contribution in [-0.2, 0) is 0 Å². The second kappa shape index (κ2) is 5.75. The van der Waals surface area contributed by atoms with Crippen LogP contribution in [0.5, 0.6) is 0 Å². The fraction of sp³-hybridized carbons (Fsp3) is 0. The topological polar surface area (TPSA) is 51.8 Å². The largest absolute Gasteiger partial charge is 0.385 e. The maximum absolute atomic E-state index is 4.71. The van der Waals surface area contributed by atoms with Gasteiger partial charge in [-0.1, -0.05) is 24.4 Å². The van der Waals surface area contributed by atoms with Crippen LogP contribution in [0.4, 0.5) is 0 Å². The molecule has 0 bridgehead atoms. The van der Waals surface area contributed by atoms with Crippen molar-refractivity contribution < 1.29 is 0 Å². The van der Waals surface area contributed by atoms with E-state index in [2.05, 4.69) is 53.0 Å². The van der Waals surface area contributed by atoms with Crippen LogP contribution in [-0.4, -0.2) is 14.3 Å². The fourth-order valence-electron chi connectivity index (χ4n) is 1.70. The third-order valence-corrected chi connectivity index (χ3v) is 2.35. The standard InChI is InChI=1S/C12H8N2.CH3NS2/c1-3-9-5-6-11-10(4-2-7-13-11)12(9)14-8-1;2-1(3)4/h1-8H;(H3,2,3,4). The average Bonchev–Trinajstić information content (AvgIpc) is 2.38. The molecule has 0 amide bonds. The molecule has 3 rings (SSSR count). The number of nitrogens with two attached hydrogens (primary N) is 1. The lowest BCUT2D eigenvalue weighted by atomic mass is 10.1. The van der Waals surface area contributed by atoms with Crippen molar-refractivity contribution in [2.24, 2.45) is 5.73 Å². The van der Waals surface area contributed by atoms with E-state index in [0.717, 1.165) is 21.8 Å². The van der Waals surface area contributed by atoms with E-state index in [1.165, 1.54) is 0 Å². The van der Waals surface area contributed by atoms with Gasteiger partial charge in [0.25, 0.3) is 0 Å². The third-order valence-electron chi connectivity index (χ3n) is 2.35. The minimum absolute atomic E-state index is 0.194. The van der Waals surface area contributed by atoms with Crippen LogP contribution < -0.4 is 5.73 Å². The number of hydrogen-bond acceptors (Lipinski definition) is 3. The molecule has 0 aliphatic rings. The summed E-state index contributed by atoms with van der Waals surface area (Å²) in [5.74, 6) is 0. The van der Waals surface area contributed by atoms with Crippen LogP contribution in [0, 0.1) is 0 Å². The van der Waals surface area contributed by atoms with Crippen molar-refractivity contribution in [3.8, 4) is 0 Å². The Bertz CT molecular complexity index is 639. The fourth-order valence-corrected chi connectivity index (χ4v) is 1.70. The van der Waals surface area contributed by atoms with Gasteiger partial charge in [-0.25, -0.2) is 0 Å². The van der Waals surface area contributed by atoms with Crippen LogP contribution in [0.15, 0.2) is 48.8 Å². The minimum atomic E-state index is 0.194. The molecule has 3 aromatic rings. The molecule has 0 atom stereocenters. The van der Waals surface area contributed by atoms with Crippen LogP contribution in [0.3, 0.4) is 0 Å². The van der Waals surface area contributed by atoms with E-state index in [4.69, 9.17) is 5.73 Å². The average molecular weight is 273 g/mol. The van der Waals surface area contributed by atoms with Gasteiger partial charge in [0.1, 0.15) is 4.32 Å². The van der Waals surface area contributed by atoms with E-state index in [-0.39, 0.29) is 4.32 Å². The molecule has 0 saturated heterocycles. The number of benzene rings is 1. The van der Waals surface area contributed by atoms with Gasteiger partial charge in [-0.15, -0.1) is 12.6 Å². The molecular formula is C13H11N3S2. The molecule has 0 spiro atoms. The summed E-state index contributed by atoms with van der Waals surface area (Å²) in [6.07, 6.45) is 3.62. The third kappa shape index (κ3) is 2.94. The molecule has 0 saturated carbocycles. The summed E-state index contributed by atoms with van der Waals surface area (Å²) >= 11 is 7.65. The van der Waals surface area contributed by atoms with Gasteiger partial charge in [-0.3, -0.25) is 9.97 Å². The Morgan fingerprint density at radius 1 is 1.06 bits per heavy atom. The molecule has 3 nitrogen and oxygen atoms in total. The van der Waals surface area contributed by atoms with Crippen molar-refractivity contribution in [3.05, 3.63) is 48.8 Å². The number of fused-ring (bicyclic) bond motifs is 3. The lowest BCUT2D eigenvalue weighted by Gasteiger charge is -2.00. The zero-order valence-corrected chi connectivity index (χ0v) is 11.2. The summed E-state index contributed by atoms with van der Waals surface area (Å²) in [5.41, 5.74) is 6.73. The van der Waals surface area contributed by atoms with Crippen LogP contribution in [0.2, 0.25) is 0 Å². The van der Waals surface area contributed by atoms with E-state index < -0.39 is 0 Å². The van der Waals surface area contributed by atoms with Gasteiger partial charge in [-0.05, 0) is 24.3 Å². The zero-order chi connectivity index (χ0) is 13.0. The molecule has 0 radical (unpaired) electrons. The van der Waals surface area contributed by atoms with Crippen LogP contribution in [0.1, 0.15) is 0 Å². The molecule has 18 heavy (non-hydrogen) atoms. The first-order valence-corrected chi connectivity index (χ1v) is 6.11. The predicted molar refractivity (Wildman–Crippen MR) is 82.8 cm³/mol. The Hall–Kier alpha value is -1.72. The van der Waals surface area contributed by atoms with Gasteiger partial charge in [0.2, 0.25) is 0 Å². The molecule has 1 aromatic carbocycles. The first-order chi connectivity index (χ1) is 8.68. The van der Waals surface area contributed by atoms with E-state index in [1.807, 2.05) is 24.4 Å². The van der Waals surface area contributed by atoms with Crippen LogP contribution in [0.25, 0.3) is 21.8 Å². The van der Waals surface area contributed by atoms with Gasteiger partial charge < -0.3 is 5.73 Å². The first kappa shape index (κ1) is 12.7. The van der Waals surface area contributed by atoms with Crippen molar-refractivity contribution in [2.75, 3.05) is 0 Å². The molecule has 0 unspecified atom stereocenters. The number of nitrogens with zero attached hydrogens (tertiary/aromatic N) is 2. The summed E-state index contributed by atoms with van der Waals surface area (Å²) in [4.78, 5) is 8.66. The van der Waals surface area contributed by atoms with Crippen molar-refractivity contribution in [1.82, 2.24) is 9.97 Å². The SMILES string of the molecule is NC(=S)S.c1cnc2c(c1)ccc1ncccc12. The van der Waals surface area contributed by atoms with Gasteiger partial charge in [0, 0.05) is 23.2 Å². The molecule has 2 heterocycles. The minimum Gasteiger partial charge on any atom is -0.385 e. The molecule has 5 heteroatoms. The van der Waals surface area contributed by atoms with Gasteiger partial charge in [0.05, 0.1) is 11.0 Å². The lowest BCUT2D eigenvalue weighted by molar-refractivity contribution is 1.39. The van der Waals surface area contributed by atoms with Crippen LogP contribution >= 0.6 is 24.8 Å². The van der Waals surface area contributed by atoms with Crippen molar-refractivity contribution in [2.45, 2.75) is 0 Å². The highest BCUT2D eigenvalue weighted by molar-refractivity contribution is 8.10. The summed E-state index contributed by atoms with van der Waals surface area (Å²) in [7, 11) is 0. The molecule has 0 aliphatic heterocycles. The second-order valence-corrected chi connectivity index (χ2v) is 4.77. The highest BCUT2D eigenvalue weighted by Crippen LogP contribution is 2.20. The number of aromatic nitrogens is 2. The Morgan fingerprint density at radius 2 is 1.72 bits per heavy atom. The molecule has 2 aromatic heterocycles. The van der Waals surface area contributed by atoms with E-state index >= 15 is 0 Å². The van der Waals surface area contributed by atoms with Gasteiger partial charge in [0.15, 0.2) is 0 Å². The van der Waals surface area contributed by atoms with Crippen molar-refractivity contribution >= 4 is 51.0 Å². The summed E-state index contributed by atoms with van der Waals surface area (Å²) in [5, 5.41) is 2.28. The first-order valence-electron chi connectivity index (χ1n) is 5.25. The quantitative estimate of drug-likeness (QED) is 0.376. The van der Waals surface area contributed by atoms with Crippen molar-refractivity contribution in [1.29, 1.82) is 0 Å². The predicted octanol–water partition coefficient (Wildman–Crippen LogP) is 2.94. The van der Waals surface area contributed by atoms with Gasteiger partial charge in [-0.2, -0.15) is 0 Å². The normalized spacial score (nSPS) is 9.83. The molecule has 2 N–H and O–H groups in total. The summed E-state index contributed by atoms with van der Waals surface area (Å²) < 4.78 is 0.194. The molecular weight excluding hydrogens is 262 g/mol. The van der Waals surface area contributed by atoms with Gasteiger partial charge >= 0.3 is 0 Å².